The monoisotopic (exact) mass is 305 g/mol. The third kappa shape index (κ3) is 2.70. The molecule has 0 atom stereocenters. The van der Waals surface area contributed by atoms with E-state index in [0.717, 1.165) is 12.8 Å². The Balaban J connectivity index is 1.89. The molecule has 6 nitrogen and oxygen atoms in total. The lowest BCUT2D eigenvalue weighted by molar-refractivity contribution is 0.00578. The van der Waals surface area contributed by atoms with E-state index < -0.39 is 24.3 Å². The van der Waals surface area contributed by atoms with Crippen molar-refractivity contribution in [2.24, 2.45) is 0 Å². The molecule has 0 bridgehead atoms. The number of nitrogens with zero attached hydrogens (tertiary/aromatic N) is 1. The zero-order valence-electron chi connectivity index (χ0n) is 13.3. The van der Waals surface area contributed by atoms with Crippen LogP contribution in [0.5, 0.6) is 5.75 Å². The third-order valence-corrected chi connectivity index (χ3v) is 4.43. The molecule has 1 aromatic rings. The fourth-order valence-electron chi connectivity index (χ4n) is 2.18. The zero-order chi connectivity index (χ0) is 16.1. The molecule has 1 N–H and O–H groups in total. The molecule has 0 unspecified atom stereocenters. The summed E-state index contributed by atoms with van der Waals surface area (Å²) in [7, 11) is -0.682. The maximum atomic E-state index is 11.5. The predicted octanol–water partition coefficient (Wildman–Crippen LogP) is 1.62. The number of carboxylic acid groups (broad SMARTS) is 1. The van der Waals surface area contributed by atoms with E-state index in [1.54, 1.807) is 0 Å². The lowest BCUT2D eigenvalue weighted by Gasteiger charge is -2.32. The van der Waals surface area contributed by atoms with Gasteiger partial charge in [-0.05, 0) is 46.6 Å². The van der Waals surface area contributed by atoms with E-state index >= 15 is 0 Å². The van der Waals surface area contributed by atoms with Crippen LogP contribution in [0.1, 0.15) is 50.9 Å². The van der Waals surface area contributed by atoms with Gasteiger partial charge >= 0.3 is 13.1 Å². The Hall–Kier alpha value is -1.60. The fourth-order valence-corrected chi connectivity index (χ4v) is 2.18. The van der Waals surface area contributed by atoms with E-state index in [1.807, 2.05) is 27.7 Å². The van der Waals surface area contributed by atoms with Gasteiger partial charge < -0.3 is 19.2 Å². The number of pyridine rings is 1. The summed E-state index contributed by atoms with van der Waals surface area (Å²) in [5, 5.41) is 9.38. The first-order chi connectivity index (χ1) is 10.2. The van der Waals surface area contributed by atoms with Crippen LogP contribution in [0.4, 0.5) is 0 Å². The number of rotatable bonds is 4. The van der Waals surface area contributed by atoms with E-state index in [-0.39, 0.29) is 11.7 Å². The molecule has 22 heavy (non-hydrogen) atoms. The van der Waals surface area contributed by atoms with Gasteiger partial charge in [-0.2, -0.15) is 0 Å². The molecule has 2 fully saturated rings. The highest BCUT2D eigenvalue weighted by Gasteiger charge is 2.52. The number of carbonyl (C=O) groups is 1. The number of carboxylic acids is 1. The largest absolute Gasteiger partial charge is 0.514 e. The second-order valence-corrected chi connectivity index (χ2v) is 6.82. The lowest BCUT2D eigenvalue weighted by atomic mass is 9.83. The molecule has 1 aliphatic heterocycles. The van der Waals surface area contributed by atoms with Gasteiger partial charge in [0.1, 0.15) is 5.56 Å². The van der Waals surface area contributed by atoms with E-state index in [4.69, 9.17) is 14.0 Å². The van der Waals surface area contributed by atoms with Crippen LogP contribution in [0, 0.1) is 0 Å². The molecule has 0 spiro atoms. The van der Waals surface area contributed by atoms with Gasteiger partial charge in [0.05, 0.1) is 29.1 Å². The minimum absolute atomic E-state index is 0.0895. The summed E-state index contributed by atoms with van der Waals surface area (Å²) in [6, 6.07) is 1.47. The zero-order valence-corrected chi connectivity index (χ0v) is 13.3. The Labute approximate surface area is 129 Å². The maximum absolute atomic E-state index is 11.5. The Morgan fingerprint density at radius 3 is 2.41 bits per heavy atom. The standard InChI is InChI=1S/C15H20BNO5/c1-14(2)15(3,4)22-16(21-14)12-7-10(13(18)19)11(8-17-12)20-9-5-6-9/h7-9H,5-6H2,1-4H3,(H,18,19). The number of aromatic nitrogens is 1. The van der Waals surface area contributed by atoms with Crippen LogP contribution in [0.2, 0.25) is 0 Å². The van der Waals surface area contributed by atoms with E-state index in [2.05, 4.69) is 4.98 Å². The van der Waals surface area contributed by atoms with Crippen molar-refractivity contribution < 1.29 is 23.9 Å². The van der Waals surface area contributed by atoms with Gasteiger partial charge in [0.2, 0.25) is 0 Å². The number of hydrogen-bond donors (Lipinski definition) is 1. The first kappa shape index (κ1) is 15.3. The molecule has 7 heteroatoms. The normalized spacial score (nSPS) is 22.6. The molecule has 3 rings (SSSR count). The molecule has 0 amide bonds. The highest BCUT2D eigenvalue weighted by molar-refractivity contribution is 6.61. The summed E-state index contributed by atoms with van der Waals surface area (Å²) in [6.07, 6.45) is 3.47. The van der Waals surface area contributed by atoms with Crippen LogP contribution in [-0.4, -0.2) is 40.5 Å². The van der Waals surface area contributed by atoms with Gasteiger partial charge in [0, 0.05) is 0 Å². The number of hydrogen-bond acceptors (Lipinski definition) is 5. The van der Waals surface area contributed by atoms with Crippen LogP contribution in [0.25, 0.3) is 0 Å². The summed E-state index contributed by atoms with van der Waals surface area (Å²) >= 11 is 0. The summed E-state index contributed by atoms with van der Waals surface area (Å²) in [5.41, 5.74) is -0.455. The SMILES string of the molecule is CC1(C)OB(c2cc(C(=O)O)c(OC3CC3)cn2)OC1(C)C. The molecule has 1 aliphatic carbocycles. The van der Waals surface area contributed by atoms with Gasteiger partial charge in [0.25, 0.3) is 0 Å². The molecule has 2 heterocycles. The van der Waals surface area contributed by atoms with Crippen molar-refractivity contribution in [2.75, 3.05) is 0 Å². The van der Waals surface area contributed by atoms with Gasteiger partial charge in [0.15, 0.2) is 5.75 Å². The topological polar surface area (TPSA) is 77.9 Å². The van der Waals surface area contributed by atoms with E-state index in [9.17, 15) is 9.90 Å². The average molecular weight is 305 g/mol. The van der Waals surface area contributed by atoms with E-state index in [1.165, 1.54) is 12.3 Å². The minimum atomic E-state index is -1.05. The second kappa shape index (κ2) is 4.96. The summed E-state index contributed by atoms with van der Waals surface area (Å²) in [6.45, 7) is 7.76. The molecule has 1 saturated carbocycles. The Kier molecular flexibility index (Phi) is 3.45. The van der Waals surface area contributed by atoms with Crippen molar-refractivity contribution in [3.8, 4) is 5.75 Å². The highest BCUT2D eigenvalue weighted by Crippen LogP contribution is 2.36. The van der Waals surface area contributed by atoms with Crippen molar-refractivity contribution in [2.45, 2.75) is 57.8 Å². The Bertz CT molecular complexity index is 596. The van der Waals surface area contributed by atoms with Crippen LogP contribution in [-0.2, 0) is 9.31 Å². The average Bonchev–Trinajstić information content (AvgIpc) is 3.17. The quantitative estimate of drug-likeness (QED) is 0.852. The summed E-state index contributed by atoms with van der Waals surface area (Å²) in [4.78, 5) is 15.7. The van der Waals surface area contributed by atoms with Crippen LogP contribution < -0.4 is 10.3 Å². The molecule has 1 aromatic heterocycles. The van der Waals surface area contributed by atoms with E-state index in [0.29, 0.717) is 11.3 Å². The van der Waals surface area contributed by atoms with Crippen molar-refractivity contribution in [1.82, 2.24) is 4.98 Å². The molecular weight excluding hydrogens is 285 g/mol. The van der Waals surface area contributed by atoms with Crippen molar-refractivity contribution in [3.63, 3.8) is 0 Å². The predicted molar refractivity (Wildman–Crippen MR) is 80.6 cm³/mol. The number of ether oxygens (including phenoxy) is 1. The minimum Gasteiger partial charge on any atom is -0.488 e. The fraction of sp³-hybridized carbons (Fsp3) is 0.600. The molecular formula is C15H20BNO5. The van der Waals surface area contributed by atoms with Gasteiger partial charge in [-0.15, -0.1) is 0 Å². The summed E-state index contributed by atoms with van der Waals surface area (Å²) in [5.74, 6) is -0.744. The summed E-state index contributed by atoms with van der Waals surface area (Å²) < 4.78 is 17.4. The van der Waals surface area contributed by atoms with Gasteiger partial charge in [-0.25, -0.2) is 4.79 Å². The highest BCUT2D eigenvalue weighted by atomic mass is 16.7. The Morgan fingerprint density at radius 1 is 1.32 bits per heavy atom. The first-order valence-corrected chi connectivity index (χ1v) is 7.45. The Morgan fingerprint density at radius 2 is 1.91 bits per heavy atom. The smallest absolute Gasteiger partial charge is 0.488 e. The molecule has 118 valence electrons. The molecule has 2 aliphatic rings. The van der Waals surface area contributed by atoms with Gasteiger partial charge in [-0.1, -0.05) is 0 Å². The lowest BCUT2D eigenvalue weighted by Crippen LogP contribution is -2.41. The first-order valence-electron chi connectivity index (χ1n) is 7.45. The van der Waals surface area contributed by atoms with Crippen molar-refractivity contribution in [3.05, 3.63) is 17.8 Å². The van der Waals surface area contributed by atoms with Crippen molar-refractivity contribution in [1.29, 1.82) is 0 Å². The maximum Gasteiger partial charge on any atom is 0.514 e. The van der Waals surface area contributed by atoms with Crippen LogP contribution in [0.3, 0.4) is 0 Å². The molecule has 0 aromatic carbocycles. The van der Waals surface area contributed by atoms with Crippen molar-refractivity contribution >= 4 is 18.7 Å². The van der Waals surface area contributed by atoms with Crippen LogP contribution >= 0.6 is 0 Å². The third-order valence-electron chi connectivity index (χ3n) is 4.43. The van der Waals surface area contributed by atoms with Gasteiger partial charge in [-0.3, -0.25) is 4.98 Å². The molecule has 0 radical (unpaired) electrons. The second-order valence-electron chi connectivity index (χ2n) is 6.82. The number of aromatic carboxylic acids is 1. The molecule has 1 saturated heterocycles. The van der Waals surface area contributed by atoms with Crippen LogP contribution in [0.15, 0.2) is 12.3 Å².